The lowest BCUT2D eigenvalue weighted by molar-refractivity contribution is 0.0931. The Bertz CT molecular complexity index is 402. The summed E-state index contributed by atoms with van der Waals surface area (Å²) in [6, 6.07) is 7.82. The molecule has 0 spiro atoms. The van der Waals surface area contributed by atoms with Gasteiger partial charge in [0, 0.05) is 11.5 Å². The van der Waals surface area contributed by atoms with Crippen molar-refractivity contribution in [1.29, 1.82) is 0 Å². The summed E-state index contributed by atoms with van der Waals surface area (Å²) in [6.45, 7) is 4.31. The molecule has 0 N–H and O–H groups in total. The van der Waals surface area contributed by atoms with Gasteiger partial charge in [-0.3, -0.25) is 4.79 Å². The van der Waals surface area contributed by atoms with Crippen molar-refractivity contribution in [1.82, 2.24) is 0 Å². The molecule has 0 bridgehead atoms. The SMILES string of the molecule is CC(C)CC1C=Cc2ccccc2C1=O. The van der Waals surface area contributed by atoms with E-state index >= 15 is 0 Å². The Morgan fingerprint density at radius 3 is 2.73 bits per heavy atom. The molecule has 0 heterocycles. The summed E-state index contributed by atoms with van der Waals surface area (Å²) < 4.78 is 0. The Labute approximate surface area is 90.8 Å². The van der Waals surface area contributed by atoms with Crippen LogP contribution in [0.4, 0.5) is 0 Å². The van der Waals surface area contributed by atoms with Crippen molar-refractivity contribution in [3.8, 4) is 0 Å². The molecule has 0 amide bonds. The van der Waals surface area contributed by atoms with Crippen LogP contribution in [0.5, 0.6) is 0 Å². The zero-order valence-corrected chi connectivity index (χ0v) is 9.23. The molecule has 1 nitrogen and oxygen atoms in total. The number of allylic oxidation sites excluding steroid dienone is 1. The first-order valence-electron chi connectivity index (χ1n) is 5.50. The summed E-state index contributed by atoms with van der Waals surface area (Å²) >= 11 is 0. The third kappa shape index (κ3) is 2.01. The summed E-state index contributed by atoms with van der Waals surface area (Å²) in [4.78, 5) is 12.1. The van der Waals surface area contributed by atoms with E-state index in [1.54, 1.807) is 0 Å². The molecule has 0 aromatic heterocycles. The molecule has 0 aliphatic heterocycles. The number of hydrogen-bond acceptors (Lipinski definition) is 1. The molecular weight excluding hydrogens is 184 g/mol. The molecule has 1 heteroatoms. The molecule has 1 aromatic carbocycles. The van der Waals surface area contributed by atoms with Crippen LogP contribution < -0.4 is 0 Å². The lowest BCUT2D eigenvalue weighted by Crippen LogP contribution is -2.18. The van der Waals surface area contributed by atoms with Gasteiger partial charge in [0.1, 0.15) is 0 Å². The van der Waals surface area contributed by atoms with Crippen LogP contribution in [0.15, 0.2) is 30.3 Å². The van der Waals surface area contributed by atoms with Gasteiger partial charge in [-0.15, -0.1) is 0 Å². The maximum absolute atomic E-state index is 12.1. The van der Waals surface area contributed by atoms with Gasteiger partial charge in [-0.25, -0.2) is 0 Å². The van der Waals surface area contributed by atoms with Crippen molar-refractivity contribution < 1.29 is 4.79 Å². The summed E-state index contributed by atoms with van der Waals surface area (Å²) in [7, 11) is 0. The first-order valence-corrected chi connectivity index (χ1v) is 5.50. The Balaban J connectivity index is 2.29. The normalized spacial score (nSPS) is 19.4. The fourth-order valence-electron chi connectivity index (χ4n) is 2.07. The van der Waals surface area contributed by atoms with E-state index < -0.39 is 0 Å². The average Bonchev–Trinajstić information content (AvgIpc) is 2.22. The van der Waals surface area contributed by atoms with Crippen LogP contribution in [-0.2, 0) is 0 Å². The summed E-state index contributed by atoms with van der Waals surface area (Å²) in [5, 5.41) is 0. The van der Waals surface area contributed by atoms with Crippen molar-refractivity contribution in [3.05, 3.63) is 41.5 Å². The van der Waals surface area contributed by atoms with Gasteiger partial charge in [0.15, 0.2) is 5.78 Å². The number of rotatable bonds is 2. The highest BCUT2D eigenvalue weighted by Gasteiger charge is 2.23. The van der Waals surface area contributed by atoms with E-state index in [9.17, 15) is 4.79 Å². The highest BCUT2D eigenvalue weighted by atomic mass is 16.1. The van der Waals surface area contributed by atoms with Gasteiger partial charge in [-0.1, -0.05) is 50.3 Å². The highest BCUT2D eigenvalue weighted by molar-refractivity contribution is 6.04. The molecule has 78 valence electrons. The lowest BCUT2D eigenvalue weighted by atomic mass is 9.84. The van der Waals surface area contributed by atoms with Crippen molar-refractivity contribution in [2.24, 2.45) is 11.8 Å². The van der Waals surface area contributed by atoms with E-state index in [2.05, 4.69) is 19.9 Å². The molecular formula is C14H16O. The van der Waals surface area contributed by atoms with Crippen LogP contribution in [-0.4, -0.2) is 5.78 Å². The van der Waals surface area contributed by atoms with E-state index in [0.717, 1.165) is 17.5 Å². The first kappa shape index (κ1) is 10.2. The van der Waals surface area contributed by atoms with Gasteiger partial charge in [0.25, 0.3) is 0 Å². The largest absolute Gasteiger partial charge is 0.293 e. The van der Waals surface area contributed by atoms with Crippen molar-refractivity contribution >= 4 is 11.9 Å². The topological polar surface area (TPSA) is 17.1 Å². The number of ketones is 1. The molecule has 15 heavy (non-hydrogen) atoms. The van der Waals surface area contributed by atoms with Crippen LogP contribution in [0, 0.1) is 11.8 Å². The molecule has 1 atom stereocenters. The predicted octanol–water partition coefficient (Wildman–Crippen LogP) is 3.56. The maximum Gasteiger partial charge on any atom is 0.170 e. The second-order valence-corrected chi connectivity index (χ2v) is 4.55. The van der Waals surface area contributed by atoms with Crippen molar-refractivity contribution in [2.75, 3.05) is 0 Å². The molecule has 1 aliphatic rings. The molecule has 0 saturated carbocycles. The number of carbonyl (C=O) groups is 1. The number of Topliss-reactive ketones (excluding diaryl/α,β-unsaturated/α-hetero) is 1. The van der Waals surface area contributed by atoms with Crippen molar-refractivity contribution in [2.45, 2.75) is 20.3 Å². The van der Waals surface area contributed by atoms with Gasteiger partial charge in [-0.2, -0.15) is 0 Å². The summed E-state index contributed by atoms with van der Waals surface area (Å²) in [5.74, 6) is 0.926. The molecule has 1 aliphatic carbocycles. The number of benzene rings is 1. The number of carbonyl (C=O) groups excluding carboxylic acids is 1. The highest BCUT2D eigenvalue weighted by Crippen LogP contribution is 2.26. The van der Waals surface area contributed by atoms with Crippen LogP contribution in [0.25, 0.3) is 6.08 Å². The smallest absolute Gasteiger partial charge is 0.170 e. The summed E-state index contributed by atoms with van der Waals surface area (Å²) in [5.41, 5.74) is 1.94. The first-order chi connectivity index (χ1) is 7.18. The van der Waals surface area contributed by atoms with Gasteiger partial charge in [0.05, 0.1) is 0 Å². The molecule has 1 aromatic rings. The number of hydrogen-bond donors (Lipinski definition) is 0. The molecule has 0 saturated heterocycles. The van der Waals surface area contributed by atoms with Crippen LogP contribution in [0.3, 0.4) is 0 Å². The van der Waals surface area contributed by atoms with Crippen LogP contribution in [0.1, 0.15) is 36.2 Å². The fourth-order valence-corrected chi connectivity index (χ4v) is 2.07. The van der Waals surface area contributed by atoms with Gasteiger partial charge < -0.3 is 0 Å². The third-order valence-corrected chi connectivity index (χ3v) is 2.80. The Morgan fingerprint density at radius 1 is 1.27 bits per heavy atom. The Kier molecular flexibility index (Phi) is 2.72. The van der Waals surface area contributed by atoms with Gasteiger partial charge in [-0.05, 0) is 17.9 Å². The quantitative estimate of drug-likeness (QED) is 0.713. The lowest BCUT2D eigenvalue weighted by Gasteiger charge is -2.19. The van der Waals surface area contributed by atoms with E-state index in [1.165, 1.54) is 0 Å². The van der Waals surface area contributed by atoms with E-state index in [4.69, 9.17) is 0 Å². The average molecular weight is 200 g/mol. The zero-order chi connectivity index (χ0) is 10.8. The van der Waals surface area contributed by atoms with Crippen molar-refractivity contribution in [3.63, 3.8) is 0 Å². The van der Waals surface area contributed by atoms with E-state index in [0.29, 0.717) is 5.92 Å². The van der Waals surface area contributed by atoms with Crippen LogP contribution in [0.2, 0.25) is 0 Å². The Morgan fingerprint density at radius 2 is 2.00 bits per heavy atom. The third-order valence-electron chi connectivity index (χ3n) is 2.80. The molecule has 0 radical (unpaired) electrons. The minimum absolute atomic E-state index is 0.0832. The van der Waals surface area contributed by atoms with Gasteiger partial charge >= 0.3 is 0 Å². The Hall–Kier alpha value is -1.37. The minimum Gasteiger partial charge on any atom is -0.293 e. The summed E-state index contributed by atoms with van der Waals surface area (Å²) in [6.07, 6.45) is 5.07. The predicted molar refractivity (Wildman–Crippen MR) is 62.8 cm³/mol. The number of fused-ring (bicyclic) bond motifs is 1. The monoisotopic (exact) mass is 200 g/mol. The zero-order valence-electron chi connectivity index (χ0n) is 9.23. The standard InChI is InChI=1S/C14H16O/c1-10(2)9-12-8-7-11-5-3-4-6-13(11)14(12)15/h3-8,10,12H,9H2,1-2H3. The van der Waals surface area contributed by atoms with Crippen LogP contribution >= 0.6 is 0 Å². The molecule has 0 fully saturated rings. The fraction of sp³-hybridized carbons (Fsp3) is 0.357. The van der Waals surface area contributed by atoms with E-state index in [-0.39, 0.29) is 11.7 Å². The van der Waals surface area contributed by atoms with E-state index in [1.807, 2.05) is 30.3 Å². The van der Waals surface area contributed by atoms with Gasteiger partial charge in [0.2, 0.25) is 0 Å². The maximum atomic E-state index is 12.1. The molecule has 1 unspecified atom stereocenters. The minimum atomic E-state index is 0.0832. The molecule has 2 rings (SSSR count). The second-order valence-electron chi connectivity index (χ2n) is 4.55. The second kappa shape index (κ2) is 4.01.